The lowest BCUT2D eigenvalue weighted by Crippen LogP contribution is -2.00. The first-order valence-electron chi connectivity index (χ1n) is 3.57. The van der Waals surface area contributed by atoms with Gasteiger partial charge in [0.15, 0.2) is 5.78 Å². The first kappa shape index (κ1) is 9.18. The van der Waals surface area contributed by atoms with Gasteiger partial charge in [-0.25, -0.2) is 0 Å². The van der Waals surface area contributed by atoms with Gasteiger partial charge in [0.25, 0.3) is 5.69 Å². The van der Waals surface area contributed by atoms with E-state index >= 15 is 0 Å². The average molecular weight is 180 g/mol. The van der Waals surface area contributed by atoms with E-state index in [0.29, 0.717) is 5.56 Å². The molecule has 0 bridgehead atoms. The van der Waals surface area contributed by atoms with E-state index in [1.54, 1.807) is 0 Å². The van der Waals surface area contributed by atoms with Crippen molar-refractivity contribution in [3.05, 3.63) is 33.9 Å². The van der Waals surface area contributed by atoms with Crippen LogP contribution in [0.5, 0.6) is 0 Å². The number of anilines is 1. The Morgan fingerprint density at radius 2 is 2.15 bits per heavy atom. The number of nitrogens with zero attached hydrogens (tertiary/aromatic N) is 1. The normalized spacial score (nSPS) is 9.62. The molecule has 1 aromatic carbocycles. The first-order valence-corrected chi connectivity index (χ1v) is 3.57. The van der Waals surface area contributed by atoms with Crippen LogP contribution in [-0.2, 0) is 0 Å². The molecule has 0 amide bonds. The molecule has 0 aliphatic carbocycles. The van der Waals surface area contributed by atoms with Crippen LogP contribution in [0.1, 0.15) is 17.3 Å². The summed E-state index contributed by atoms with van der Waals surface area (Å²) in [6, 6.07) is 3.79. The zero-order valence-electron chi connectivity index (χ0n) is 6.98. The number of ketones is 1. The molecule has 0 aromatic heterocycles. The third kappa shape index (κ3) is 1.81. The van der Waals surface area contributed by atoms with E-state index in [4.69, 9.17) is 5.73 Å². The number of hydrogen-bond acceptors (Lipinski definition) is 4. The summed E-state index contributed by atoms with van der Waals surface area (Å²) in [5.74, 6) is -0.201. The van der Waals surface area contributed by atoms with E-state index in [2.05, 4.69) is 0 Å². The quantitative estimate of drug-likeness (QED) is 0.322. The highest BCUT2D eigenvalue weighted by atomic mass is 16.6. The van der Waals surface area contributed by atoms with Gasteiger partial charge in [-0.15, -0.1) is 0 Å². The molecule has 0 aliphatic rings. The maximum absolute atomic E-state index is 10.9. The molecule has 0 heterocycles. The summed E-state index contributed by atoms with van der Waals surface area (Å²) < 4.78 is 0. The third-order valence-corrected chi connectivity index (χ3v) is 1.63. The first-order chi connectivity index (χ1) is 6.02. The molecule has 0 spiro atoms. The molecule has 0 saturated heterocycles. The third-order valence-electron chi connectivity index (χ3n) is 1.63. The van der Waals surface area contributed by atoms with Crippen molar-refractivity contribution in [3.63, 3.8) is 0 Å². The number of nitrogens with two attached hydrogens (primary N) is 1. The lowest BCUT2D eigenvalue weighted by molar-refractivity contribution is -0.384. The fourth-order valence-corrected chi connectivity index (χ4v) is 0.984. The van der Waals surface area contributed by atoms with Crippen LogP contribution in [0.2, 0.25) is 0 Å². The molecule has 0 atom stereocenters. The van der Waals surface area contributed by atoms with Gasteiger partial charge in [-0.2, -0.15) is 0 Å². The van der Waals surface area contributed by atoms with Gasteiger partial charge < -0.3 is 5.73 Å². The highest BCUT2D eigenvalue weighted by molar-refractivity contribution is 5.99. The molecule has 5 nitrogen and oxygen atoms in total. The summed E-state index contributed by atoms with van der Waals surface area (Å²) in [6.07, 6.45) is 0. The zero-order chi connectivity index (χ0) is 10.0. The topological polar surface area (TPSA) is 86.2 Å². The number of Topliss-reactive ketones (excluding diaryl/α,β-unsaturated/α-hetero) is 1. The van der Waals surface area contributed by atoms with Crippen molar-refractivity contribution in [2.45, 2.75) is 6.92 Å². The second-order valence-corrected chi connectivity index (χ2v) is 2.58. The van der Waals surface area contributed by atoms with Crippen molar-refractivity contribution >= 4 is 17.2 Å². The van der Waals surface area contributed by atoms with Gasteiger partial charge >= 0.3 is 0 Å². The van der Waals surface area contributed by atoms with E-state index in [1.165, 1.54) is 25.1 Å². The number of carbonyl (C=O) groups is 1. The minimum absolute atomic E-state index is 0.109. The summed E-state index contributed by atoms with van der Waals surface area (Å²) in [6.45, 7) is 1.36. The molecule has 0 fully saturated rings. The number of carbonyl (C=O) groups excluding carboxylic acids is 1. The maximum atomic E-state index is 10.9. The van der Waals surface area contributed by atoms with Crippen LogP contribution in [0.15, 0.2) is 18.2 Å². The van der Waals surface area contributed by atoms with E-state index in [1.807, 2.05) is 0 Å². The van der Waals surface area contributed by atoms with Crippen LogP contribution in [0.4, 0.5) is 11.4 Å². The van der Waals surface area contributed by atoms with E-state index < -0.39 is 4.92 Å². The summed E-state index contributed by atoms with van der Waals surface area (Å²) >= 11 is 0. The smallest absolute Gasteiger partial charge is 0.271 e. The highest BCUT2D eigenvalue weighted by Gasteiger charge is 2.10. The minimum Gasteiger partial charge on any atom is -0.398 e. The second kappa shape index (κ2) is 3.22. The van der Waals surface area contributed by atoms with Crippen molar-refractivity contribution < 1.29 is 9.72 Å². The molecular formula is C8H8N2O3. The van der Waals surface area contributed by atoms with Crippen LogP contribution in [0.25, 0.3) is 0 Å². The van der Waals surface area contributed by atoms with Gasteiger partial charge in [0.05, 0.1) is 4.92 Å². The molecule has 0 aliphatic heterocycles. The molecule has 0 radical (unpaired) electrons. The SMILES string of the molecule is CC(=O)c1ccc([N+](=O)[O-])cc1N. The summed E-state index contributed by atoms with van der Waals surface area (Å²) in [5, 5.41) is 10.3. The number of non-ortho nitro benzene ring substituents is 1. The minimum atomic E-state index is -0.555. The van der Waals surface area contributed by atoms with Crippen LogP contribution < -0.4 is 5.73 Å². The van der Waals surface area contributed by atoms with Gasteiger partial charge in [-0.1, -0.05) is 0 Å². The van der Waals surface area contributed by atoms with Gasteiger partial charge in [-0.05, 0) is 13.0 Å². The number of hydrogen-bond donors (Lipinski definition) is 1. The number of benzene rings is 1. The molecule has 13 heavy (non-hydrogen) atoms. The summed E-state index contributed by atoms with van der Waals surface area (Å²) in [4.78, 5) is 20.6. The molecule has 5 heteroatoms. The number of nitro groups is 1. The number of nitro benzene ring substituents is 1. The lowest BCUT2D eigenvalue weighted by atomic mass is 10.1. The van der Waals surface area contributed by atoms with Gasteiger partial charge in [0.1, 0.15) is 0 Å². The maximum Gasteiger partial charge on any atom is 0.271 e. The van der Waals surface area contributed by atoms with Gasteiger partial charge in [-0.3, -0.25) is 14.9 Å². The Balaban J connectivity index is 3.20. The van der Waals surface area contributed by atoms with Crippen molar-refractivity contribution in [3.8, 4) is 0 Å². The molecule has 1 rings (SSSR count). The fraction of sp³-hybridized carbons (Fsp3) is 0.125. The molecule has 2 N–H and O–H groups in total. The number of rotatable bonds is 2. The summed E-state index contributed by atoms with van der Waals surface area (Å²) in [5.41, 5.74) is 5.78. The van der Waals surface area contributed by atoms with Gasteiger partial charge in [0.2, 0.25) is 0 Å². The fourth-order valence-electron chi connectivity index (χ4n) is 0.984. The zero-order valence-corrected chi connectivity index (χ0v) is 6.98. The lowest BCUT2D eigenvalue weighted by Gasteiger charge is -1.99. The Bertz CT molecular complexity index is 374. The van der Waals surface area contributed by atoms with Crippen LogP contribution in [-0.4, -0.2) is 10.7 Å². The highest BCUT2D eigenvalue weighted by Crippen LogP contribution is 2.19. The van der Waals surface area contributed by atoms with Crippen molar-refractivity contribution in [2.24, 2.45) is 0 Å². The Labute approximate surface area is 74.3 Å². The van der Waals surface area contributed by atoms with Crippen molar-refractivity contribution in [2.75, 3.05) is 5.73 Å². The molecule has 1 aromatic rings. The van der Waals surface area contributed by atoms with Crippen LogP contribution in [0.3, 0.4) is 0 Å². The monoisotopic (exact) mass is 180 g/mol. The predicted molar refractivity (Wildman–Crippen MR) is 47.5 cm³/mol. The van der Waals surface area contributed by atoms with E-state index in [-0.39, 0.29) is 17.2 Å². The Morgan fingerprint density at radius 1 is 1.54 bits per heavy atom. The summed E-state index contributed by atoms with van der Waals surface area (Å²) in [7, 11) is 0. The number of nitrogen functional groups attached to an aromatic ring is 1. The Kier molecular flexibility index (Phi) is 2.27. The predicted octanol–water partition coefficient (Wildman–Crippen LogP) is 1.38. The second-order valence-electron chi connectivity index (χ2n) is 2.58. The Morgan fingerprint density at radius 3 is 2.54 bits per heavy atom. The molecular weight excluding hydrogens is 172 g/mol. The van der Waals surface area contributed by atoms with Crippen molar-refractivity contribution in [1.82, 2.24) is 0 Å². The van der Waals surface area contributed by atoms with Crippen molar-refractivity contribution in [1.29, 1.82) is 0 Å². The van der Waals surface area contributed by atoms with E-state index in [0.717, 1.165) is 0 Å². The standard InChI is InChI=1S/C8H8N2O3/c1-5(11)7-3-2-6(10(12)13)4-8(7)9/h2-4H,9H2,1H3. The average Bonchev–Trinajstić information content (AvgIpc) is 2.03. The van der Waals surface area contributed by atoms with Crippen LogP contribution >= 0.6 is 0 Å². The van der Waals surface area contributed by atoms with Crippen LogP contribution in [0, 0.1) is 10.1 Å². The Hall–Kier alpha value is -1.91. The molecule has 68 valence electrons. The van der Waals surface area contributed by atoms with E-state index in [9.17, 15) is 14.9 Å². The van der Waals surface area contributed by atoms with Gasteiger partial charge in [0, 0.05) is 23.4 Å². The largest absolute Gasteiger partial charge is 0.398 e. The molecule has 0 unspecified atom stereocenters. The molecule has 0 saturated carbocycles.